The molecule has 1 aliphatic rings. The number of rotatable bonds is 1. The van der Waals surface area contributed by atoms with Gasteiger partial charge in [0.2, 0.25) is 0 Å². The van der Waals surface area contributed by atoms with Crippen LogP contribution in [0.15, 0.2) is 11.6 Å². The van der Waals surface area contributed by atoms with Crippen molar-refractivity contribution in [2.24, 2.45) is 0 Å². The molecule has 1 rings (SSSR count). The molecule has 0 fully saturated rings. The molecule has 0 spiro atoms. The minimum absolute atomic E-state index is 0.119. The van der Waals surface area contributed by atoms with E-state index < -0.39 is 0 Å². The summed E-state index contributed by atoms with van der Waals surface area (Å²) in [6, 6.07) is 0. The lowest BCUT2D eigenvalue weighted by atomic mass is 9.99. The molecule has 1 aliphatic carbocycles. The third kappa shape index (κ3) is 4.11. The van der Waals surface area contributed by atoms with Gasteiger partial charge in [-0.2, -0.15) is 0 Å². The summed E-state index contributed by atoms with van der Waals surface area (Å²) in [7, 11) is 0. The summed E-state index contributed by atoms with van der Waals surface area (Å²) in [5.41, 5.74) is 1.35. The first kappa shape index (κ1) is 10.3. The van der Waals surface area contributed by atoms with Crippen molar-refractivity contribution in [3.63, 3.8) is 0 Å². The van der Waals surface area contributed by atoms with Gasteiger partial charge < -0.3 is 4.74 Å². The molecular weight excluding hydrogens is 164 g/mol. The van der Waals surface area contributed by atoms with E-state index in [0.717, 1.165) is 12.8 Å². The Balaban J connectivity index is 2.47. The number of carbonyl (C=O) groups excluding carboxylic acids is 1. The minimum atomic E-state index is -0.154. The summed E-state index contributed by atoms with van der Waals surface area (Å²) in [5, 5.41) is 0. The van der Waals surface area contributed by atoms with Crippen LogP contribution in [-0.4, -0.2) is 12.1 Å². The maximum Gasteiger partial charge on any atom is 0.302 e. The number of hydrogen-bond donors (Lipinski definition) is 0. The lowest BCUT2D eigenvalue weighted by Gasteiger charge is -2.19. The molecule has 0 aromatic heterocycles. The van der Waals surface area contributed by atoms with Gasteiger partial charge in [-0.25, -0.2) is 0 Å². The van der Waals surface area contributed by atoms with Crippen LogP contribution in [0, 0.1) is 0 Å². The Morgan fingerprint density at radius 1 is 1.54 bits per heavy atom. The molecule has 0 N–H and O–H groups in total. The first-order valence-electron chi connectivity index (χ1n) is 5.01. The Kier molecular flexibility index (Phi) is 4.00. The van der Waals surface area contributed by atoms with Crippen molar-refractivity contribution in [3.8, 4) is 0 Å². The third-order valence-corrected chi connectivity index (χ3v) is 2.36. The zero-order chi connectivity index (χ0) is 9.68. The van der Waals surface area contributed by atoms with Gasteiger partial charge in [-0.3, -0.25) is 4.79 Å². The van der Waals surface area contributed by atoms with E-state index in [4.69, 9.17) is 4.74 Å². The molecule has 0 radical (unpaired) electrons. The van der Waals surface area contributed by atoms with Crippen LogP contribution in [0.25, 0.3) is 0 Å². The summed E-state index contributed by atoms with van der Waals surface area (Å²) in [5.74, 6) is -0.154. The molecule has 74 valence electrons. The summed E-state index contributed by atoms with van der Waals surface area (Å²) in [4.78, 5) is 10.8. The molecular formula is C11H18O2. The Hall–Kier alpha value is -0.790. The Morgan fingerprint density at radius 2 is 2.31 bits per heavy atom. The molecule has 0 aromatic rings. The topological polar surface area (TPSA) is 26.3 Å². The fraction of sp³-hybridized carbons (Fsp3) is 0.727. The Labute approximate surface area is 80.0 Å². The van der Waals surface area contributed by atoms with Crippen LogP contribution in [0.2, 0.25) is 0 Å². The quantitative estimate of drug-likeness (QED) is 0.460. The molecule has 0 bridgehead atoms. The highest BCUT2D eigenvalue weighted by Crippen LogP contribution is 2.19. The van der Waals surface area contributed by atoms with Crippen LogP contribution in [0.1, 0.15) is 46.0 Å². The molecule has 0 heterocycles. The lowest BCUT2D eigenvalue weighted by molar-refractivity contribution is -0.146. The van der Waals surface area contributed by atoms with E-state index in [1.807, 2.05) is 0 Å². The summed E-state index contributed by atoms with van der Waals surface area (Å²) in [6.07, 6.45) is 7.88. The monoisotopic (exact) mass is 182 g/mol. The number of esters is 1. The second-order valence-electron chi connectivity index (χ2n) is 3.77. The van der Waals surface area contributed by atoms with Crippen molar-refractivity contribution < 1.29 is 9.53 Å². The SMILES string of the molecule is CC(=O)OC1CCCC/C=C(/C)C1. The highest BCUT2D eigenvalue weighted by atomic mass is 16.5. The van der Waals surface area contributed by atoms with Crippen LogP contribution in [0.4, 0.5) is 0 Å². The number of hydrogen-bond acceptors (Lipinski definition) is 2. The Bertz CT molecular complexity index is 206. The van der Waals surface area contributed by atoms with Crippen molar-refractivity contribution in [2.75, 3.05) is 0 Å². The fourth-order valence-electron chi connectivity index (χ4n) is 1.74. The first-order chi connectivity index (χ1) is 6.18. The highest BCUT2D eigenvalue weighted by molar-refractivity contribution is 5.66. The van der Waals surface area contributed by atoms with Crippen LogP contribution in [0.3, 0.4) is 0 Å². The Morgan fingerprint density at radius 3 is 3.00 bits per heavy atom. The molecule has 0 saturated heterocycles. The van der Waals surface area contributed by atoms with Gasteiger partial charge in [-0.1, -0.05) is 11.6 Å². The molecule has 2 heteroatoms. The van der Waals surface area contributed by atoms with E-state index in [2.05, 4.69) is 13.0 Å². The van der Waals surface area contributed by atoms with E-state index in [0.29, 0.717) is 0 Å². The lowest BCUT2D eigenvalue weighted by Crippen LogP contribution is -2.17. The summed E-state index contributed by atoms with van der Waals surface area (Å²) in [6.45, 7) is 3.60. The predicted molar refractivity (Wildman–Crippen MR) is 52.4 cm³/mol. The van der Waals surface area contributed by atoms with Gasteiger partial charge in [0.15, 0.2) is 0 Å². The van der Waals surface area contributed by atoms with Crippen molar-refractivity contribution in [1.29, 1.82) is 0 Å². The molecule has 13 heavy (non-hydrogen) atoms. The van der Waals surface area contributed by atoms with Crippen molar-refractivity contribution in [1.82, 2.24) is 0 Å². The van der Waals surface area contributed by atoms with Gasteiger partial charge in [-0.15, -0.1) is 0 Å². The number of allylic oxidation sites excluding steroid dienone is 1. The van der Waals surface area contributed by atoms with E-state index >= 15 is 0 Å². The molecule has 2 nitrogen and oxygen atoms in total. The fourth-order valence-corrected chi connectivity index (χ4v) is 1.74. The van der Waals surface area contributed by atoms with E-state index in [1.165, 1.54) is 31.8 Å². The molecule has 0 aliphatic heterocycles. The zero-order valence-electron chi connectivity index (χ0n) is 8.51. The van der Waals surface area contributed by atoms with Gasteiger partial charge in [0, 0.05) is 13.3 Å². The van der Waals surface area contributed by atoms with Gasteiger partial charge in [0.1, 0.15) is 6.10 Å². The molecule has 0 amide bonds. The summed E-state index contributed by atoms with van der Waals surface area (Å²) < 4.78 is 5.22. The number of ether oxygens (including phenoxy) is 1. The van der Waals surface area contributed by atoms with Crippen LogP contribution in [-0.2, 0) is 9.53 Å². The molecule has 0 aromatic carbocycles. The molecule has 0 saturated carbocycles. The van der Waals surface area contributed by atoms with Crippen LogP contribution < -0.4 is 0 Å². The maximum atomic E-state index is 10.8. The average Bonchev–Trinajstić information content (AvgIpc) is 1.98. The van der Waals surface area contributed by atoms with Crippen molar-refractivity contribution >= 4 is 5.97 Å². The standard InChI is InChI=1S/C11H18O2/c1-9-6-4-3-5-7-11(8-9)13-10(2)12/h6,11H,3-5,7-8H2,1-2H3/b9-6-. The van der Waals surface area contributed by atoms with Gasteiger partial charge in [-0.05, 0) is 32.6 Å². The summed E-state index contributed by atoms with van der Waals surface area (Å²) >= 11 is 0. The van der Waals surface area contributed by atoms with Crippen molar-refractivity contribution in [3.05, 3.63) is 11.6 Å². The maximum absolute atomic E-state index is 10.8. The number of carbonyl (C=O) groups is 1. The zero-order valence-corrected chi connectivity index (χ0v) is 8.51. The molecule has 1 atom stereocenters. The van der Waals surface area contributed by atoms with Gasteiger partial charge >= 0.3 is 5.97 Å². The predicted octanol–water partition coefficient (Wildman–Crippen LogP) is 2.83. The normalized spacial score (nSPS) is 28.2. The average molecular weight is 182 g/mol. The van der Waals surface area contributed by atoms with Crippen LogP contribution >= 0.6 is 0 Å². The molecule has 1 unspecified atom stereocenters. The highest BCUT2D eigenvalue weighted by Gasteiger charge is 2.13. The van der Waals surface area contributed by atoms with E-state index in [9.17, 15) is 4.79 Å². The van der Waals surface area contributed by atoms with Gasteiger partial charge in [0.05, 0.1) is 0 Å². The van der Waals surface area contributed by atoms with Crippen LogP contribution in [0.5, 0.6) is 0 Å². The second-order valence-corrected chi connectivity index (χ2v) is 3.77. The largest absolute Gasteiger partial charge is 0.462 e. The minimum Gasteiger partial charge on any atom is -0.462 e. The van der Waals surface area contributed by atoms with Gasteiger partial charge in [0.25, 0.3) is 0 Å². The van der Waals surface area contributed by atoms with Crippen molar-refractivity contribution in [2.45, 2.75) is 52.1 Å². The first-order valence-corrected chi connectivity index (χ1v) is 5.01. The second kappa shape index (κ2) is 5.05. The van der Waals surface area contributed by atoms with E-state index in [1.54, 1.807) is 0 Å². The third-order valence-electron chi connectivity index (χ3n) is 2.36. The smallest absolute Gasteiger partial charge is 0.302 e. The van der Waals surface area contributed by atoms with E-state index in [-0.39, 0.29) is 12.1 Å².